The van der Waals surface area contributed by atoms with Gasteiger partial charge in [0.25, 0.3) is 0 Å². The van der Waals surface area contributed by atoms with Crippen LogP contribution >= 0.6 is 0 Å². The molecule has 0 aromatic heterocycles. The van der Waals surface area contributed by atoms with Crippen molar-refractivity contribution in [2.24, 2.45) is 5.73 Å². The van der Waals surface area contributed by atoms with E-state index in [4.69, 9.17) is 5.73 Å². The van der Waals surface area contributed by atoms with Crippen LogP contribution in [0, 0.1) is 0 Å². The van der Waals surface area contributed by atoms with E-state index in [0.717, 1.165) is 13.1 Å². The van der Waals surface area contributed by atoms with E-state index >= 15 is 0 Å². The average Bonchev–Trinajstić information content (AvgIpc) is 2.27. The summed E-state index contributed by atoms with van der Waals surface area (Å²) in [6.07, 6.45) is 5.52. The SMILES string of the molecule is CCCCCCN1CCN(CCN)CC1. The van der Waals surface area contributed by atoms with Gasteiger partial charge >= 0.3 is 0 Å². The van der Waals surface area contributed by atoms with Gasteiger partial charge in [-0.3, -0.25) is 4.90 Å². The van der Waals surface area contributed by atoms with Gasteiger partial charge in [0.05, 0.1) is 0 Å². The normalized spacial score (nSPS) is 19.6. The second-order valence-electron chi connectivity index (χ2n) is 4.53. The Morgan fingerprint density at radius 2 is 1.47 bits per heavy atom. The topological polar surface area (TPSA) is 32.5 Å². The molecule has 0 aromatic rings. The number of rotatable bonds is 7. The van der Waals surface area contributed by atoms with Crippen molar-refractivity contribution in [2.45, 2.75) is 32.6 Å². The van der Waals surface area contributed by atoms with E-state index in [1.165, 1.54) is 58.4 Å². The average molecular weight is 213 g/mol. The highest BCUT2D eigenvalue weighted by Crippen LogP contribution is 2.05. The summed E-state index contributed by atoms with van der Waals surface area (Å²) in [5.74, 6) is 0. The van der Waals surface area contributed by atoms with Gasteiger partial charge in [0, 0.05) is 39.3 Å². The largest absolute Gasteiger partial charge is 0.329 e. The lowest BCUT2D eigenvalue weighted by Gasteiger charge is -2.34. The molecule has 0 aliphatic carbocycles. The molecule has 0 unspecified atom stereocenters. The minimum absolute atomic E-state index is 0.802. The Labute approximate surface area is 94.6 Å². The van der Waals surface area contributed by atoms with Crippen LogP contribution in [0.15, 0.2) is 0 Å². The van der Waals surface area contributed by atoms with Crippen LogP contribution in [0.4, 0.5) is 0 Å². The lowest BCUT2D eigenvalue weighted by atomic mass is 10.2. The maximum absolute atomic E-state index is 5.55. The molecule has 2 N–H and O–H groups in total. The molecule has 1 aliphatic rings. The molecule has 15 heavy (non-hydrogen) atoms. The standard InChI is InChI=1S/C12H27N3/c1-2-3-4-5-7-14-9-11-15(8-6-13)12-10-14/h2-13H2,1H3. The van der Waals surface area contributed by atoms with Crippen molar-refractivity contribution in [1.82, 2.24) is 9.80 Å². The molecular weight excluding hydrogens is 186 g/mol. The van der Waals surface area contributed by atoms with Gasteiger partial charge in [0.15, 0.2) is 0 Å². The van der Waals surface area contributed by atoms with Crippen molar-refractivity contribution < 1.29 is 0 Å². The van der Waals surface area contributed by atoms with Gasteiger partial charge < -0.3 is 10.6 Å². The first kappa shape index (κ1) is 12.9. The highest BCUT2D eigenvalue weighted by atomic mass is 15.3. The fourth-order valence-electron chi connectivity index (χ4n) is 2.18. The van der Waals surface area contributed by atoms with Crippen molar-refractivity contribution in [2.75, 3.05) is 45.8 Å². The van der Waals surface area contributed by atoms with Crippen LogP contribution in [0.3, 0.4) is 0 Å². The van der Waals surface area contributed by atoms with E-state index in [9.17, 15) is 0 Å². The van der Waals surface area contributed by atoms with Gasteiger partial charge in [-0.25, -0.2) is 0 Å². The van der Waals surface area contributed by atoms with Crippen molar-refractivity contribution in [3.8, 4) is 0 Å². The number of unbranched alkanes of at least 4 members (excludes halogenated alkanes) is 3. The molecule has 0 bridgehead atoms. The Morgan fingerprint density at radius 3 is 2.00 bits per heavy atom. The second kappa shape index (κ2) is 8.08. The Morgan fingerprint density at radius 1 is 0.867 bits per heavy atom. The monoisotopic (exact) mass is 213 g/mol. The first-order valence-corrected chi connectivity index (χ1v) is 6.51. The van der Waals surface area contributed by atoms with Crippen LogP contribution in [0.1, 0.15) is 32.6 Å². The third-order valence-corrected chi connectivity index (χ3v) is 3.24. The zero-order valence-corrected chi connectivity index (χ0v) is 10.2. The lowest BCUT2D eigenvalue weighted by Crippen LogP contribution is -2.47. The highest BCUT2D eigenvalue weighted by Gasteiger charge is 2.14. The smallest absolute Gasteiger partial charge is 0.0110 e. The number of piperazine rings is 1. The Balaban J connectivity index is 1.99. The zero-order valence-electron chi connectivity index (χ0n) is 10.2. The van der Waals surface area contributed by atoms with Gasteiger partial charge in [-0.2, -0.15) is 0 Å². The van der Waals surface area contributed by atoms with Crippen LogP contribution in [0.25, 0.3) is 0 Å². The van der Waals surface area contributed by atoms with Crippen LogP contribution in [-0.2, 0) is 0 Å². The first-order chi connectivity index (χ1) is 7.36. The summed E-state index contributed by atoms with van der Waals surface area (Å²) in [4.78, 5) is 5.07. The number of nitrogens with two attached hydrogens (primary N) is 1. The third kappa shape index (κ3) is 5.50. The van der Waals surface area contributed by atoms with Crippen molar-refractivity contribution in [3.05, 3.63) is 0 Å². The predicted octanol–water partition coefficient (Wildman–Crippen LogP) is 1.14. The maximum Gasteiger partial charge on any atom is 0.0110 e. The highest BCUT2D eigenvalue weighted by molar-refractivity contribution is 4.71. The maximum atomic E-state index is 5.55. The van der Waals surface area contributed by atoms with Crippen molar-refractivity contribution >= 4 is 0 Å². The fourth-order valence-corrected chi connectivity index (χ4v) is 2.18. The molecule has 1 aliphatic heterocycles. The molecule has 90 valence electrons. The summed E-state index contributed by atoms with van der Waals surface area (Å²) in [6.45, 7) is 10.4. The predicted molar refractivity (Wildman–Crippen MR) is 66.1 cm³/mol. The van der Waals surface area contributed by atoms with Gasteiger partial charge in [0.2, 0.25) is 0 Å². The summed E-state index contributed by atoms with van der Waals surface area (Å²) >= 11 is 0. The zero-order chi connectivity index (χ0) is 10.9. The summed E-state index contributed by atoms with van der Waals surface area (Å²) < 4.78 is 0. The summed E-state index contributed by atoms with van der Waals surface area (Å²) in [6, 6.07) is 0. The van der Waals surface area contributed by atoms with Crippen LogP contribution in [0.2, 0.25) is 0 Å². The van der Waals surface area contributed by atoms with Gasteiger partial charge in [0.1, 0.15) is 0 Å². The molecule has 0 amide bonds. The molecule has 1 heterocycles. The van der Waals surface area contributed by atoms with Crippen molar-refractivity contribution in [3.63, 3.8) is 0 Å². The Kier molecular flexibility index (Phi) is 6.98. The molecule has 0 aromatic carbocycles. The molecule has 1 fully saturated rings. The molecule has 0 atom stereocenters. The van der Waals surface area contributed by atoms with Gasteiger partial charge in [-0.15, -0.1) is 0 Å². The van der Waals surface area contributed by atoms with E-state index in [-0.39, 0.29) is 0 Å². The summed E-state index contributed by atoms with van der Waals surface area (Å²) in [5, 5.41) is 0. The number of hydrogen-bond acceptors (Lipinski definition) is 3. The molecule has 1 saturated heterocycles. The lowest BCUT2D eigenvalue weighted by molar-refractivity contribution is 0.133. The third-order valence-electron chi connectivity index (χ3n) is 3.24. The van der Waals surface area contributed by atoms with E-state index in [1.807, 2.05) is 0 Å². The number of nitrogens with zero attached hydrogens (tertiary/aromatic N) is 2. The van der Waals surface area contributed by atoms with E-state index in [2.05, 4.69) is 16.7 Å². The molecule has 0 spiro atoms. The van der Waals surface area contributed by atoms with E-state index in [0.29, 0.717) is 0 Å². The van der Waals surface area contributed by atoms with Crippen molar-refractivity contribution in [1.29, 1.82) is 0 Å². The van der Waals surface area contributed by atoms with E-state index in [1.54, 1.807) is 0 Å². The van der Waals surface area contributed by atoms with Crippen LogP contribution < -0.4 is 5.73 Å². The van der Waals surface area contributed by atoms with Gasteiger partial charge in [-0.05, 0) is 13.0 Å². The minimum atomic E-state index is 0.802. The molecular formula is C12H27N3. The Bertz CT molecular complexity index is 139. The summed E-state index contributed by atoms with van der Waals surface area (Å²) in [7, 11) is 0. The minimum Gasteiger partial charge on any atom is -0.329 e. The molecule has 3 nitrogen and oxygen atoms in total. The second-order valence-corrected chi connectivity index (χ2v) is 4.53. The van der Waals surface area contributed by atoms with E-state index < -0.39 is 0 Å². The fraction of sp³-hybridized carbons (Fsp3) is 1.00. The molecule has 1 rings (SSSR count). The number of hydrogen-bond donors (Lipinski definition) is 1. The summed E-state index contributed by atoms with van der Waals surface area (Å²) in [5.41, 5.74) is 5.55. The Hall–Kier alpha value is -0.120. The quantitative estimate of drug-likeness (QED) is 0.644. The molecule has 3 heteroatoms. The first-order valence-electron chi connectivity index (χ1n) is 6.51. The van der Waals surface area contributed by atoms with Crippen LogP contribution in [0.5, 0.6) is 0 Å². The van der Waals surface area contributed by atoms with Crippen LogP contribution in [-0.4, -0.2) is 55.6 Å². The van der Waals surface area contributed by atoms with Gasteiger partial charge in [-0.1, -0.05) is 26.2 Å². The molecule has 0 saturated carbocycles. The molecule has 0 radical (unpaired) electrons.